The number of nitrogens with one attached hydrogen (secondary N) is 2. The first kappa shape index (κ1) is 38.1. The molecule has 4 atom stereocenters. The van der Waals surface area contributed by atoms with Crippen molar-refractivity contribution in [1.29, 1.82) is 0 Å². The number of fused-ring (bicyclic) bond motifs is 2. The summed E-state index contributed by atoms with van der Waals surface area (Å²) >= 11 is 2.66. The molecule has 17 heteroatoms. The van der Waals surface area contributed by atoms with E-state index in [1.54, 1.807) is 35.7 Å². The third-order valence-electron chi connectivity index (χ3n) is 9.00. The van der Waals surface area contributed by atoms with Crippen molar-refractivity contribution in [2.75, 3.05) is 23.8 Å². The Kier molecular flexibility index (Phi) is 12.1. The summed E-state index contributed by atoms with van der Waals surface area (Å²) in [6, 6.07) is 7.91. The van der Waals surface area contributed by atoms with Crippen LogP contribution in [0.3, 0.4) is 0 Å². The van der Waals surface area contributed by atoms with E-state index >= 15 is 0 Å². The van der Waals surface area contributed by atoms with Gasteiger partial charge in [0.15, 0.2) is 33.4 Å². The Morgan fingerprint density at radius 3 is 2.02 bits per heavy atom. The van der Waals surface area contributed by atoms with Crippen molar-refractivity contribution in [3.8, 4) is 11.5 Å². The van der Waals surface area contributed by atoms with Crippen LogP contribution in [0.1, 0.15) is 88.7 Å². The van der Waals surface area contributed by atoms with Crippen molar-refractivity contribution >= 4 is 44.6 Å². The van der Waals surface area contributed by atoms with Gasteiger partial charge in [0.05, 0.1) is 36.0 Å². The number of aliphatic hydroxyl groups is 4. The lowest BCUT2D eigenvalue weighted by molar-refractivity contribution is 0.0928. The van der Waals surface area contributed by atoms with Crippen LogP contribution in [0.5, 0.6) is 11.5 Å². The highest BCUT2D eigenvalue weighted by Gasteiger charge is 2.27. The van der Waals surface area contributed by atoms with Crippen LogP contribution in [-0.2, 0) is 12.8 Å². The lowest BCUT2D eigenvalue weighted by atomic mass is 9.94. The number of aliphatic hydroxyl groups excluding tert-OH is 4. The molecule has 4 unspecified atom stereocenters. The molecule has 2 aliphatic carbocycles. The predicted octanol–water partition coefficient (Wildman–Crippen LogP) is 5.94. The summed E-state index contributed by atoms with van der Waals surface area (Å²) in [4.78, 5) is 30.5. The van der Waals surface area contributed by atoms with E-state index in [2.05, 4.69) is 51.6 Å². The van der Waals surface area contributed by atoms with Crippen LogP contribution in [0.15, 0.2) is 66.1 Å². The number of hydrogen-bond donors (Lipinski definition) is 6. The van der Waals surface area contributed by atoms with Crippen LogP contribution in [0, 0.1) is 13.8 Å². The summed E-state index contributed by atoms with van der Waals surface area (Å²) in [5.74, 6) is 2.37. The van der Waals surface area contributed by atoms with Gasteiger partial charge in [0.2, 0.25) is 0 Å². The molecule has 55 heavy (non-hydrogen) atoms. The molecule has 0 saturated heterocycles. The van der Waals surface area contributed by atoms with E-state index in [1.807, 2.05) is 38.2 Å². The first-order valence-corrected chi connectivity index (χ1v) is 19.6. The molecule has 0 aromatic carbocycles. The van der Waals surface area contributed by atoms with Gasteiger partial charge in [-0.15, -0.1) is 22.7 Å². The predicted molar refractivity (Wildman–Crippen MR) is 207 cm³/mol. The number of hydrogen-bond acceptors (Lipinski definition) is 17. The van der Waals surface area contributed by atoms with Crippen molar-refractivity contribution in [3.05, 3.63) is 111 Å². The smallest absolute Gasteiger partial charge is 0.188 e. The second-order valence-corrected chi connectivity index (χ2v) is 14.9. The molecule has 0 fully saturated rings. The summed E-state index contributed by atoms with van der Waals surface area (Å²) in [5, 5.41) is 48.4. The monoisotopic (exact) mass is 783 g/mol. The standard InChI is InChI=1S/C19H21N5O3S.C19H20N4O3S/c1-11-5-17(27-16-4-2-3-13-12(16)7-20-10-22-13)18(21-6-11)24-19-23-14(9-28-19)15(26)8-25;1-11-7-16(26-15-5-4-12-3-2-6-20-17(12)15)18(21-8-11)23-19-22-13(10-27-19)14(25)9-24/h5-7,9-10,15-16,25-26H,2-4,8H2,1H3,(H,21,23,24);2-3,6-8,10,14-15,24-25H,4-5,9H2,1H3,(H,21,22,23). The second-order valence-electron chi connectivity index (χ2n) is 13.1. The number of rotatable bonds is 12. The highest BCUT2D eigenvalue weighted by molar-refractivity contribution is 7.14. The zero-order valence-electron chi connectivity index (χ0n) is 30.2. The topological polar surface area (TPSA) is 214 Å². The van der Waals surface area contributed by atoms with Gasteiger partial charge in [-0.1, -0.05) is 6.07 Å². The van der Waals surface area contributed by atoms with Crippen LogP contribution in [0.25, 0.3) is 0 Å². The van der Waals surface area contributed by atoms with Gasteiger partial charge in [-0.2, -0.15) is 0 Å². The minimum Gasteiger partial charge on any atom is -0.482 e. The zero-order chi connectivity index (χ0) is 38.3. The maximum absolute atomic E-state index is 9.72. The SMILES string of the molecule is Cc1cnc(Nc2nc(C(O)CO)cs2)c(OC2CCCc3ncncc32)c1.Cc1cnc(Nc2nc(C(O)CO)cs2)c(OC2CCc3cccnc32)c1. The normalized spacial score (nSPS) is 16.9. The second kappa shape index (κ2) is 17.5. The van der Waals surface area contributed by atoms with Gasteiger partial charge in [0.25, 0.3) is 0 Å². The van der Waals surface area contributed by atoms with Crippen LogP contribution in [0.4, 0.5) is 21.9 Å². The fraction of sp³-hybridized carbons (Fsp3) is 0.342. The minimum atomic E-state index is -0.993. The fourth-order valence-electron chi connectivity index (χ4n) is 6.21. The van der Waals surface area contributed by atoms with Crippen molar-refractivity contribution in [2.24, 2.45) is 0 Å². The lowest BCUT2D eigenvalue weighted by Crippen LogP contribution is -2.17. The van der Waals surface area contributed by atoms with Gasteiger partial charge >= 0.3 is 0 Å². The number of nitrogens with zero attached hydrogens (tertiary/aromatic N) is 7. The van der Waals surface area contributed by atoms with Crippen LogP contribution in [0.2, 0.25) is 0 Å². The third kappa shape index (κ3) is 9.21. The molecule has 286 valence electrons. The highest BCUT2D eigenvalue weighted by atomic mass is 32.1. The summed E-state index contributed by atoms with van der Waals surface area (Å²) < 4.78 is 12.6. The number of ether oxygens (including phenoxy) is 2. The van der Waals surface area contributed by atoms with Gasteiger partial charge in [-0.25, -0.2) is 29.9 Å². The molecule has 0 amide bonds. The molecule has 0 saturated carbocycles. The van der Waals surface area contributed by atoms with Crippen molar-refractivity contribution in [2.45, 2.75) is 70.4 Å². The van der Waals surface area contributed by atoms with Crippen LogP contribution >= 0.6 is 22.7 Å². The Morgan fingerprint density at radius 2 is 1.40 bits per heavy atom. The van der Waals surface area contributed by atoms with Crippen molar-refractivity contribution in [3.63, 3.8) is 0 Å². The molecule has 0 aliphatic heterocycles. The first-order chi connectivity index (χ1) is 26.8. The zero-order valence-corrected chi connectivity index (χ0v) is 31.8. The van der Waals surface area contributed by atoms with E-state index in [-0.39, 0.29) is 25.4 Å². The minimum absolute atomic E-state index is 0.103. The average Bonchev–Trinajstić information content (AvgIpc) is 3.98. The molecule has 6 N–H and O–H groups in total. The van der Waals surface area contributed by atoms with E-state index in [0.717, 1.165) is 60.2 Å². The number of pyridine rings is 3. The van der Waals surface area contributed by atoms with E-state index in [0.29, 0.717) is 44.8 Å². The van der Waals surface area contributed by atoms with E-state index in [1.165, 1.54) is 28.2 Å². The number of aryl methyl sites for hydroxylation is 4. The third-order valence-corrected chi connectivity index (χ3v) is 10.6. The van der Waals surface area contributed by atoms with Crippen LogP contribution < -0.4 is 20.1 Å². The van der Waals surface area contributed by atoms with Gasteiger partial charge in [-0.3, -0.25) is 4.98 Å². The molecule has 6 aromatic rings. The highest BCUT2D eigenvalue weighted by Crippen LogP contribution is 2.38. The van der Waals surface area contributed by atoms with Crippen LogP contribution in [-0.4, -0.2) is 68.5 Å². The van der Waals surface area contributed by atoms with Crippen molar-refractivity contribution < 1.29 is 29.9 Å². The molecule has 6 heterocycles. The Bertz CT molecular complexity index is 2220. The number of aromatic nitrogens is 7. The molecule has 15 nitrogen and oxygen atoms in total. The lowest BCUT2D eigenvalue weighted by Gasteiger charge is -2.25. The molecule has 2 aliphatic rings. The Labute approximate surface area is 325 Å². The van der Waals surface area contributed by atoms with Gasteiger partial charge in [0.1, 0.15) is 30.7 Å². The fourth-order valence-corrected chi connectivity index (χ4v) is 7.72. The van der Waals surface area contributed by atoms with E-state index in [9.17, 15) is 10.2 Å². The van der Waals surface area contributed by atoms with Gasteiger partial charge < -0.3 is 40.5 Å². The molecule has 0 radical (unpaired) electrons. The molecule has 8 rings (SSSR count). The molecular formula is C38H41N9O6S2. The Morgan fingerprint density at radius 1 is 0.782 bits per heavy atom. The maximum atomic E-state index is 9.72. The summed E-state index contributed by atoms with van der Waals surface area (Å²) in [6.07, 6.45) is 11.1. The summed E-state index contributed by atoms with van der Waals surface area (Å²) in [7, 11) is 0. The molecular weight excluding hydrogens is 743 g/mol. The van der Waals surface area contributed by atoms with E-state index < -0.39 is 12.2 Å². The Balaban J connectivity index is 0.000000169. The Hall–Kier alpha value is -5.17. The average molecular weight is 784 g/mol. The molecule has 6 aromatic heterocycles. The summed E-state index contributed by atoms with van der Waals surface area (Å²) in [6.45, 7) is 3.18. The number of anilines is 4. The molecule has 0 spiro atoms. The summed E-state index contributed by atoms with van der Waals surface area (Å²) in [5.41, 5.74) is 7.07. The largest absolute Gasteiger partial charge is 0.482 e. The first-order valence-electron chi connectivity index (χ1n) is 17.8. The van der Waals surface area contributed by atoms with Gasteiger partial charge in [-0.05, 0) is 80.8 Å². The maximum Gasteiger partial charge on any atom is 0.188 e. The number of thiazole rings is 2. The van der Waals surface area contributed by atoms with Gasteiger partial charge in [0, 0.05) is 41.1 Å². The van der Waals surface area contributed by atoms with Crippen molar-refractivity contribution in [1.82, 2.24) is 34.9 Å². The molecule has 0 bridgehead atoms. The quantitative estimate of drug-likeness (QED) is 0.0848. The van der Waals surface area contributed by atoms with E-state index in [4.69, 9.17) is 19.7 Å².